The Labute approximate surface area is 233 Å². The lowest BCUT2D eigenvalue weighted by molar-refractivity contribution is -0.166. The number of ether oxygens (including phenoxy) is 2. The van der Waals surface area contributed by atoms with E-state index in [4.69, 9.17) is 9.47 Å². The van der Waals surface area contributed by atoms with Gasteiger partial charge in [-0.1, -0.05) is 24.3 Å². The summed E-state index contributed by atoms with van der Waals surface area (Å²) in [6.45, 7) is 7.55. The summed E-state index contributed by atoms with van der Waals surface area (Å²) in [7, 11) is 1.63. The maximum absolute atomic E-state index is 14.2. The quantitative estimate of drug-likeness (QED) is 0.360. The molecule has 2 atom stereocenters. The van der Waals surface area contributed by atoms with Crippen molar-refractivity contribution in [2.24, 2.45) is 0 Å². The predicted octanol–water partition coefficient (Wildman–Crippen LogP) is 4.28. The smallest absolute Gasteiger partial charge is 0.254 e. The largest absolute Gasteiger partial charge is 0.493 e. The molecule has 2 amide bonds. The zero-order valence-corrected chi connectivity index (χ0v) is 23.4. The van der Waals surface area contributed by atoms with Gasteiger partial charge in [-0.15, -0.1) is 0 Å². The minimum absolute atomic E-state index is 0.00948. The van der Waals surface area contributed by atoms with Gasteiger partial charge in [0.1, 0.15) is 0 Å². The highest BCUT2D eigenvalue weighted by Gasteiger charge is 2.56. The molecule has 0 aliphatic carbocycles. The van der Waals surface area contributed by atoms with Gasteiger partial charge in [-0.2, -0.15) is 0 Å². The van der Waals surface area contributed by atoms with E-state index in [2.05, 4.69) is 16.0 Å². The SMILES string of the molecule is COc1cc(C2CN3C(=O)CN(CCCn4ccnc4)C(=O)C3(C)c3[nH]c4ccccc4c32)ccc1OC(C)C. The van der Waals surface area contributed by atoms with Gasteiger partial charge in [0.2, 0.25) is 5.91 Å². The highest BCUT2D eigenvalue weighted by Crippen LogP contribution is 2.49. The number of hydrogen-bond acceptors (Lipinski definition) is 5. The van der Waals surface area contributed by atoms with E-state index < -0.39 is 5.54 Å². The first-order valence-electron chi connectivity index (χ1n) is 13.8. The van der Waals surface area contributed by atoms with Crippen LogP contribution in [0.3, 0.4) is 0 Å². The van der Waals surface area contributed by atoms with Gasteiger partial charge in [-0.25, -0.2) is 4.98 Å². The molecule has 9 nitrogen and oxygen atoms in total. The summed E-state index contributed by atoms with van der Waals surface area (Å²) in [6.07, 6.45) is 6.15. The van der Waals surface area contributed by atoms with Gasteiger partial charge in [-0.3, -0.25) is 9.59 Å². The molecule has 9 heteroatoms. The van der Waals surface area contributed by atoms with Crippen LogP contribution in [-0.4, -0.2) is 69.0 Å². The number of fused-ring (bicyclic) bond motifs is 5. The molecule has 0 saturated carbocycles. The van der Waals surface area contributed by atoms with Crippen LogP contribution in [0.2, 0.25) is 0 Å². The molecule has 1 fully saturated rings. The lowest BCUT2D eigenvalue weighted by atomic mass is 9.76. The topological polar surface area (TPSA) is 92.7 Å². The summed E-state index contributed by atoms with van der Waals surface area (Å²) >= 11 is 0. The Balaban J connectivity index is 1.41. The standard InChI is InChI=1S/C31H35N5O4/c1-20(2)40-25-11-10-21(16-26(25)39-4)23-17-36-27(37)18-35(14-7-13-34-15-12-32-19-34)30(38)31(36,3)29-28(23)22-8-5-6-9-24(22)33-29/h5-6,8-12,15-16,19-20,23,33H,7,13-14,17-18H2,1-4H3. The Morgan fingerprint density at radius 1 is 1.12 bits per heavy atom. The second-order valence-corrected chi connectivity index (χ2v) is 11.0. The maximum Gasteiger partial charge on any atom is 0.254 e. The molecule has 4 heterocycles. The molecule has 0 spiro atoms. The van der Waals surface area contributed by atoms with Gasteiger partial charge in [-0.05, 0) is 56.5 Å². The number of H-pyrrole nitrogens is 1. The number of carbonyl (C=O) groups is 2. The fourth-order valence-corrected chi connectivity index (χ4v) is 6.27. The van der Waals surface area contributed by atoms with Crippen molar-refractivity contribution in [1.82, 2.24) is 24.3 Å². The van der Waals surface area contributed by atoms with E-state index in [-0.39, 0.29) is 30.4 Å². The summed E-state index contributed by atoms with van der Waals surface area (Å²) in [5.74, 6) is 1.07. The number of amides is 2. The van der Waals surface area contributed by atoms with E-state index in [1.54, 1.807) is 29.4 Å². The Morgan fingerprint density at radius 2 is 1.95 bits per heavy atom. The minimum atomic E-state index is -1.13. The fraction of sp³-hybridized carbons (Fsp3) is 0.387. The van der Waals surface area contributed by atoms with Gasteiger partial charge in [0.15, 0.2) is 17.0 Å². The first-order chi connectivity index (χ1) is 19.3. The Hall–Kier alpha value is -4.27. The minimum Gasteiger partial charge on any atom is -0.493 e. The zero-order chi connectivity index (χ0) is 28.0. The molecule has 2 aliphatic rings. The first-order valence-corrected chi connectivity index (χ1v) is 13.8. The van der Waals surface area contributed by atoms with E-state index in [0.717, 1.165) is 40.7 Å². The van der Waals surface area contributed by atoms with Crippen molar-refractivity contribution in [3.63, 3.8) is 0 Å². The number of imidazole rings is 1. The average molecular weight is 542 g/mol. The summed E-state index contributed by atoms with van der Waals surface area (Å²) < 4.78 is 13.6. The van der Waals surface area contributed by atoms with E-state index in [0.29, 0.717) is 24.6 Å². The lowest BCUT2D eigenvalue weighted by Gasteiger charge is -2.51. The number of aromatic nitrogens is 3. The second kappa shape index (κ2) is 10.0. The van der Waals surface area contributed by atoms with Crippen LogP contribution < -0.4 is 9.47 Å². The van der Waals surface area contributed by atoms with Crippen molar-refractivity contribution in [3.8, 4) is 11.5 Å². The lowest BCUT2D eigenvalue weighted by Crippen LogP contribution is -2.67. The number of hydrogen-bond donors (Lipinski definition) is 1. The predicted molar refractivity (Wildman–Crippen MR) is 151 cm³/mol. The van der Waals surface area contributed by atoms with Crippen LogP contribution in [0.1, 0.15) is 49.9 Å². The molecule has 0 radical (unpaired) electrons. The molecule has 208 valence electrons. The second-order valence-electron chi connectivity index (χ2n) is 11.0. The van der Waals surface area contributed by atoms with Crippen LogP contribution in [0, 0.1) is 0 Å². The number of rotatable bonds is 8. The van der Waals surface area contributed by atoms with Crippen molar-refractivity contribution in [2.45, 2.75) is 51.3 Å². The molecule has 1 N–H and O–H groups in total. The monoisotopic (exact) mass is 541 g/mol. The van der Waals surface area contributed by atoms with E-state index in [1.165, 1.54) is 0 Å². The van der Waals surface area contributed by atoms with E-state index >= 15 is 0 Å². The summed E-state index contributed by atoms with van der Waals surface area (Å²) in [5, 5.41) is 1.06. The van der Waals surface area contributed by atoms with Gasteiger partial charge in [0.05, 0.1) is 31.8 Å². The number of methoxy groups -OCH3 is 1. The number of aryl methyl sites for hydroxylation is 1. The molecule has 6 rings (SSSR count). The Bertz CT molecular complexity index is 1560. The van der Waals surface area contributed by atoms with Crippen molar-refractivity contribution < 1.29 is 19.1 Å². The molecule has 2 unspecified atom stereocenters. The van der Waals surface area contributed by atoms with Crippen LogP contribution in [-0.2, 0) is 21.7 Å². The number of para-hydroxylation sites is 1. The summed E-state index contributed by atoms with van der Waals surface area (Å²) in [4.78, 5) is 39.1. The Kier molecular flexibility index (Phi) is 6.52. The van der Waals surface area contributed by atoms with Crippen LogP contribution in [0.15, 0.2) is 61.2 Å². The summed E-state index contributed by atoms with van der Waals surface area (Å²) in [6, 6.07) is 14.1. The van der Waals surface area contributed by atoms with Crippen molar-refractivity contribution in [1.29, 1.82) is 0 Å². The summed E-state index contributed by atoms with van der Waals surface area (Å²) in [5.41, 5.74) is 2.66. The molecule has 0 bridgehead atoms. The highest BCUT2D eigenvalue weighted by atomic mass is 16.5. The van der Waals surface area contributed by atoms with Gasteiger partial charge >= 0.3 is 0 Å². The van der Waals surface area contributed by atoms with Crippen LogP contribution in [0.5, 0.6) is 11.5 Å². The third-order valence-corrected chi connectivity index (χ3v) is 8.17. The van der Waals surface area contributed by atoms with E-state index in [9.17, 15) is 9.59 Å². The average Bonchev–Trinajstić information content (AvgIpc) is 3.60. The molecule has 2 aromatic heterocycles. The number of piperazine rings is 1. The number of carbonyl (C=O) groups excluding carboxylic acids is 2. The Morgan fingerprint density at radius 3 is 2.70 bits per heavy atom. The molecule has 1 saturated heterocycles. The molecule has 2 aliphatic heterocycles. The first kappa shape index (κ1) is 26.0. The van der Waals surface area contributed by atoms with Crippen molar-refractivity contribution in [3.05, 3.63) is 78.0 Å². The highest BCUT2D eigenvalue weighted by molar-refractivity contribution is 6.01. The zero-order valence-electron chi connectivity index (χ0n) is 23.4. The van der Waals surface area contributed by atoms with Crippen LogP contribution in [0.4, 0.5) is 0 Å². The number of nitrogens with one attached hydrogen (secondary N) is 1. The van der Waals surface area contributed by atoms with Crippen LogP contribution in [0.25, 0.3) is 10.9 Å². The van der Waals surface area contributed by atoms with Gasteiger partial charge in [0, 0.05) is 48.8 Å². The normalized spacial score (nSPS) is 20.7. The van der Waals surface area contributed by atoms with Crippen molar-refractivity contribution >= 4 is 22.7 Å². The van der Waals surface area contributed by atoms with E-state index in [1.807, 2.05) is 67.9 Å². The number of aromatic amines is 1. The molecular formula is C31H35N5O4. The third kappa shape index (κ3) is 4.20. The number of nitrogens with zero attached hydrogens (tertiary/aromatic N) is 4. The third-order valence-electron chi connectivity index (χ3n) is 8.17. The molecule has 4 aromatic rings. The number of benzene rings is 2. The molecule has 40 heavy (non-hydrogen) atoms. The van der Waals surface area contributed by atoms with Crippen molar-refractivity contribution in [2.75, 3.05) is 26.7 Å². The maximum atomic E-state index is 14.2. The fourth-order valence-electron chi connectivity index (χ4n) is 6.27. The molecular weight excluding hydrogens is 506 g/mol. The van der Waals surface area contributed by atoms with Crippen LogP contribution >= 0.6 is 0 Å². The molecule has 2 aromatic carbocycles. The van der Waals surface area contributed by atoms with Gasteiger partial charge < -0.3 is 28.8 Å². The van der Waals surface area contributed by atoms with Gasteiger partial charge in [0.25, 0.3) is 5.91 Å².